The predicted octanol–water partition coefficient (Wildman–Crippen LogP) is 5.50. The van der Waals surface area contributed by atoms with Crippen molar-refractivity contribution in [3.05, 3.63) is 70.8 Å². The van der Waals surface area contributed by atoms with Crippen LogP contribution in [0.1, 0.15) is 69.7 Å². The molecule has 2 heteroatoms. The Balaban J connectivity index is 2.38. The van der Waals surface area contributed by atoms with Gasteiger partial charge in [0.2, 0.25) is 0 Å². The smallest absolute Gasteiger partial charge is 0.315 e. The SMILES string of the molecule is CC(C)(C)c1ccc(C(C(=O)O)c2ccc(C(C)(C)C)cc2)cc1. The summed E-state index contributed by atoms with van der Waals surface area (Å²) in [5.41, 5.74) is 4.17. The minimum atomic E-state index is -0.818. The molecule has 0 unspecified atom stereocenters. The number of carboxylic acid groups (broad SMARTS) is 1. The van der Waals surface area contributed by atoms with Gasteiger partial charge in [0.25, 0.3) is 0 Å². The lowest BCUT2D eigenvalue weighted by molar-refractivity contribution is -0.137. The van der Waals surface area contributed by atoms with E-state index in [1.54, 1.807) is 0 Å². The fourth-order valence-electron chi connectivity index (χ4n) is 2.83. The number of carbonyl (C=O) groups is 1. The van der Waals surface area contributed by atoms with Crippen molar-refractivity contribution in [3.63, 3.8) is 0 Å². The van der Waals surface area contributed by atoms with Crippen LogP contribution in [-0.4, -0.2) is 11.1 Å². The van der Waals surface area contributed by atoms with Gasteiger partial charge in [0, 0.05) is 0 Å². The van der Waals surface area contributed by atoms with E-state index in [9.17, 15) is 9.90 Å². The average molecular weight is 324 g/mol. The maximum absolute atomic E-state index is 11.9. The molecule has 0 radical (unpaired) electrons. The summed E-state index contributed by atoms with van der Waals surface area (Å²) in [6.07, 6.45) is 0. The summed E-state index contributed by atoms with van der Waals surface area (Å²) in [5, 5.41) is 9.74. The van der Waals surface area contributed by atoms with Gasteiger partial charge in [-0.3, -0.25) is 4.79 Å². The van der Waals surface area contributed by atoms with E-state index in [2.05, 4.69) is 41.5 Å². The third-order valence-electron chi connectivity index (χ3n) is 4.47. The van der Waals surface area contributed by atoms with E-state index in [1.165, 1.54) is 11.1 Å². The van der Waals surface area contributed by atoms with Gasteiger partial charge in [0.15, 0.2) is 0 Å². The van der Waals surface area contributed by atoms with Crippen molar-refractivity contribution in [2.45, 2.75) is 58.3 Å². The molecule has 2 aromatic carbocycles. The lowest BCUT2D eigenvalue weighted by Crippen LogP contribution is -2.16. The Morgan fingerprint density at radius 1 is 0.708 bits per heavy atom. The number of rotatable bonds is 3. The molecule has 0 aliphatic carbocycles. The number of hydrogen-bond donors (Lipinski definition) is 1. The normalized spacial score (nSPS) is 12.5. The Hall–Kier alpha value is -2.09. The van der Waals surface area contributed by atoms with Gasteiger partial charge in [-0.05, 0) is 33.1 Å². The number of benzene rings is 2. The standard InChI is InChI=1S/C22H28O2/c1-21(2,3)17-11-7-15(8-12-17)19(20(23)24)16-9-13-18(14-10-16)22(4,5)6/h7-14,19H,1-6H3,(H,23,24). The van der Waals surface area contributed by atoms with Gasteiger partial charge in [-0.15, -0.1) is 0 Å². The molecule has 0 aromatic heterocycles. The summed E-state index contributed by atoms with van der Waals surface area (Å²) in [6.45, 7) is 12.9. The quantitative estimate of drug-likeness (QED) is 0.809. The van der Waals surface area contributed by atoms with Crippen LogP contribution < -0.4 is 0 Å². The summed E-state index contributed by atoms with van der Waals surface area (Å²) < 4.78 is 0. The van der Waals surface area contributed by atoms with Crippen molar-refractivity contribution in [2.75, 3.05) is 0 Å². The molecule has 0 atom stereocenters. The second kappa shape index (κ2) is 6.43. The van der Waals surface area contributed by atoms with E-state index < -0.39 is 11.9 Å². The van der Waals surface area contributed by atoms with Gasteiger partial charge in [0.1, 0.15) is 5.92 Å². The first-order valence-electron chi connectivity index (χ1n) is 8.44. The topological polar surface area (TPSA) is 37.3 Å². The summed E-state index contributed by atoms with van der Waals surface area (Å²) in [7, 11) is 0. The van der Waals surface area contributed by atoms with Crippen LogP contribution in [0.25, 0.3) is 0 Å². The molecule has 1 N–H and O–H groups in total. The van der Waals surface area contributed by atoms with Crippen LogP contribution in [0.2, 0.25) is 0 Å². The Kier molecular flexibility index (Phi) is 4.89. The summed E-state index contributed by atoms with van der Waals surface area (Å²) in [5.74, 6) is -1.45. The Morgan fingerprint density at radius 3 is 1.21 bits per heavy atom. The van der Waals surface area contributed by atoms with Gasteiger partial charge < -0.3 is 5.11 Å². The van der Waals surface area contributed by atoms with Gasteiger partial charge >= 0.3 is 5.97 Å². The first-order valence-corrected chi connectivity index (χ1v) is 8.44. The number of hydrogen-bond acceptors (Lipinski definition) is 1. The fraction of sp³-hybridized carbons (Fsp3) is 0.409. The zero-order valence-electron chi connectivity index (χ0n) is 15.6. The van der Waals surface area contributed by atoms with Crippen LogP contribution in [0.3, 0.4) is 0 Å². The third kappa shape index (κ3) is 4.05. The molecule has 2 aromatic rings. The first kappa shape index (κ1) is 18.3. The molecule has 0 aliphatic rings. The van der Waals surface area contributed by atoms with Gasteiger partial charge in [-0.2, -0.15) is 0 Å². The van der Waals surface area contributed by atoms with Crippen molar-refractivity contribution in [2.24, 2.45) is 0 Å². The zero-order valence-corrected chi connectivity index (χ0v) is 15.6. The fourth-order valence-corrected chi connectivity index (χ4v) is 2.83. The predicted molar refractivity (Wildman–Crippen MR) is 99.8 cm³/mol. The highest BCUT2D eigenvalue weighted by atomic mass is 16.4. The van der Waals surface area contributed by atoms with E-state index in [1.807, 2.05) is 48.5 Å². The van der Waals surface area contributed by atoms with Crippen molar-refractivity contribution in [1.82, 2.24) is 0 Å². The van der Waals surface area contributed by atoms with Crippen LogP contribution in [0, 0.1) is 0 Å². The van der Waals surface area contributed by atoms with Crippen molar-refractivity contribution < 1.29 is 9.90 Å². The first-order chi connectivity index (χ1) is 11.0. The van der Waals surface area contributed by atoms with E-state index in [4.69, 9.17) is 0 Å². The molecular weight excluding hydrogens is 296 g/mol. The third-order valence-corrected chi connectivity index (χ3v) is 4.47. The van der Waals surface area contributed by atoms with E-state index >= 15 is 0 Å². The largest absolute Gasteiger partial charge is 0.481 e. The molecule has 0 saturated carbocycles. The monoisotopic (exact) mass is 324 g/mol. The molecule has 0 fully saturated rings. The Labute approximate surface area is 145 Å². The molecule has 0 aliphatic heterocycles. The van der Waals surface area contributed by atoms with Crippen molar-refractivity contribution in [3.8, 4) is 0 Å². The summed E-state index contributed by atoms with van der Waals surface area (Å²) in [6, 6.07) is 15.9. The maximum Gasteiger partial charge on any atom is 0.315 e. The van der Waals surface area contributed by atoms with Gasteiger partial charge in [-0.1, -0.05) is 90.1 Å². The van der Waals surface area contributed by atoms with Crippen molar-refractivity contribution in [1.29, 1.82) is 0 Å². The molecule has 2 rings (SSSR count). The number of aliphatic carboxylic acids is 1. The zero-order chi connectivity index (χ0) is 18.1. The number of carboxylic acids is 1. The molecule has 0 heterocycles. The Morgan fingerprint density at radius 2 is 1.00 bits per heavy atom. The van der Waals surface area contributed by atoms with E-state index in [0.29, 0.717) is 0 Å². The summed E-state index contributed by atoms with van der Waals surface area (Å²) >= 11 is 0. The molecule has 24 heavy (non-hydrogen) atoms. The van der Waals surface area contributed by atoms with E-state index in [0.717, 1.165) is 11.1 Å². The molecule has 128 valence electrons. The average Bonchev–Trinajstić information content (AvgIpc) is 2.46. The van der Waals surface area contributed by atoms with Crippen molar-refractivity contribution >= 4 is 5.97 Å². The second-order valence-corrected chi connectivity index (χ2v) is 8.52. The van der Waals surface area contributed by atoms with E-state index in [-0.39, 0.29) is 10.8 Å². The van der Waals surface area contributed by atoms with Gasteiger partial charge in [0.05, 0.1) is 0 Å². The highest BCUT2D eigenvalue weighted by Gasteiger charge is 2.24. The van der Waals surface area contributed by atoms with Gasteiger partial charge in [-0.25, -0.2) is 0 Å². The molecule has 0 bridgehead atoms. The highest BCUT2D eigenvalue weighted by molar-refractivity contribution is 5.80. The maximum atomic E-state index is 11.9. The Bertz CT molecular complexity index is 638. The van der Waals surface area contributed by atoms with Crippen LogP contribution in [0.4, 0.5) is 0 Å². The molecule has 0 spiro atoms. The minimum Gasteiger partial charge on any atom is -0.481 e. The minimum absolute atomic E-state index is 0.0611. The summed E-state index contributed by atoms with van der Waals surface area (Å²) in [4.78, 5) is 11.9. The molecule has 2 nitrogen and oxygen atoms in total. The lowest BCUT2D eigenvalue weighted by atomic mass is 9.83. The van der Waals surface area contributed by atoms with Crippen LogP contribution >= 0.6 is 0 Å². The molecule has 0 saturated heterocycles. The molecular formula is C22H28O2. The van der Waals surface area contributed by atoms with Crippen LogP contribution in [-0.2, 0) is 15.6 Å². The van der Waals surface area contributed by atoms with Crippen LogP contribution in [0.15, 0.2) is 48.5 Å². The highest BCUT2D eigenvalue weighted by Crippen LogP contribution is 2.30. The lowest BCUT2D eigenvalue weighted by Gasteiger charge is -2.22. The second-order valence-electron chi connectivity index (χ2n) is 8.52. The van der Waals surface area contributed by atoms with Crippen LogP contribution in [0.5, 0.6) is 0 Å². The molecule has 0 amide bonds.